The van der Waals surface area contributed by atoms with E-state index in [2.05, 4.69) is 0 Å². The van der Waals surface area contributed by atoms with Gasteiger partial charge < -0.3 is 15.7 Å². The first kappa shape index (κ1) is 9.02. The molecule has 74 valence electrons. The summed E-state index contributed by atoms with van der Waals surface area (Å²) in [7, 11) is 0. The molecule has 0 radical (unpaired) electrons. The zero-order valence-corrected chi connectivity index (χ0v) is 7.73. The average Bonchev–Trinajstić information content (AvgIpc) is 2.44. The van der Waals surface area contributed by atoms with Gasteiger partial charge in [0.15, 0.2) is 0 Å². The highest BCUT2D eigenvalue weighted by atomic mass is 16.3. The zero-order valence-electron chi connectivity index (χ0n) is 7.73. The molecule has 1 aliphatic rings. The summed E-state index contributed by atoms with van der Waals surface area (Å²) in [6.07, 6.45) is 0. The van der Waals surface area contributed by atoms with Crippen molar-refractivity contribution in [2.45, 2.75) is 6.54 Å². The predicted octanol–water partition coefficient (Wildman–Crippen LogP) is 0.307. The molecule has 0 saturated carbocycles. The standard InChI is InChI=1S/C10H12N2O2/c11-3-4-12-6-7-5-8(13)1-2-9(7)10(12)14/h1-2,5,13H,3-4,6,11H2. The van der Waals surface area contributed by atoms with Gasteiger partial charge in [0.05, 0.1) is 0 Å². The number of nitrogens with two attached hydrogens (primary N) is 1. The Morgan fingerprint density at radius 1 is 1.50 bits per heavy atom. The van der Waals surface area contributed by atoms with E-state index in [0.717, 1.165) is 5.56 Å². The monoisotopic (exact) mass is 192 g/mol. The number of rotatable bonds is 2. The summed E-state index contributed by atoms with van der Waals surface area (Å²) in [5.74, 6) is 0.205. The van der Waals surface area contributed by atoms with Crippen LogP contribution in [0.1, 0.15) is 15.9 Å². The van der Waals surface area contributed by atoms with Crippen LogP contribution >= 0.6 is 0 Å². The van der Waals surface area contributed by atoms with Gasteiger partial charge in [0.25, 0.3) is 5.91 Å². The Morgan fingerprint density at radius 3 is 3.00 bits per heavy atom. The second-order valence-electron chi connectivity index (χ2n) is 3.36. The summed E-state index contributed by atoms with van der Waals surface area (Å²) in [5.41, 5.74) is 6.95. The maximum absolute atomic E-state index is 11.7. The summed E-state index contributed by atoms with van der Waals surface area (Å²) in [6.45, 7) is 1.58. The molecule has 0 spiro atoms. The SMILES string of the molecule is NCCN1Cc2cc(O)ccc2C1=O. The number of benzene rings is 1. The molecular weight excluding hydrogens is 180 g/mol. The quantitative estimate of drug-likeness (QED) is 0.708. The predicted molar refractivity (Wildman–Crippen MR) is 51.9 cm³/mol. The molecule has 0 atom stereocenters. The van der Waals surface area contributed by atoms with E-state index in [1.165, 1.54) is 6.07 Å². The van der Waals surface area contributed by atoms with E-state index < -0.39 is 0 Å². The number of carbonyl (C=O) groups excluding carboxylic acids is 1. The molecule has 0 aliphatic carbocycles. The molecule has 0 bridgehead atoms. The minimum Gasteiger partial charge on any atom is -0.508 e. The van der Waals surface area contributed by atoms with Gasteiger partial charge in [-0.05, 0) is 23.8 Å². The van der Waals surface area contributed by atoms with Crippen LogP contribution in [0.15, 0.2) is 18.2 Å². The topological polar surface area (TPSA) is 66.6 Å². The van der Waals surface area contributed by atoms with Crippen LogP contribution in [0.2, 0.25) is 0 Å². The van der Waals surface area contributed by atoms with E-state index in [-0.39, 0.29) is 11.7 Å². The van der Waals surface area contributed by atoms with Gasteiger partial charge in [-0.25, -0.2) is 0 Å². The maximum atomic E-state index is 11.7. The van der Waals surface area contributed by atoms with Crippen molar-refractivity contribution < 1.29 is 9.90 Å². The lowest BCUT2D eigenvalue weighted by Gasteiger charge is -2.13. The molecule has 0 unspecified atom stereocenters. The first-order chi connectivity index (χ1) is 6.72. The number of fused-ring (bicyclic) bond motifs is 1. The molecule has 0 saturated heterocycles. The van der Waals surface area contributed by atoms with Crippen LogP contribution in [0.4, 0.5) is 0 Å². The number of amides is 1. The third-order valence-corrected chi connectivity index (χ3v) is 2.37. The van der Waals surface area contributed by atoms with Crippen molar-refractivity contribution in [2.75, 3.05) is 13.1 Å². The van der Waals surface area contributed by atoms with Crippen LogP contribution in [0.3, 0.4) is 0 Å². The minimum absolute atomic E-state index is 0.00505. The second-order valence-corrected chi connectivity index (χ2v) is 3.36. The van der Waals surface area contributed by atoms with Crippen LogP contribution in [0.5, 0.6) is 5.75 Å². The van der Waals surface area contributed by atoms with Crippen LogP contribution in [-0.2, 0) is 6.54 Å². The summed E-state index contributed by atoms with van der Waals surface area (Å²) < 4.78 is 0. The smallest absolute Gasteiger partial charge is 0.254 e. The second kappa shape index (κ2) is 3.31. The molecule has 0 fully saturated rings. The molecule has 3 N–H and O–H groups in total. The van der Waals surface area contributed by atoms with Gasteiger partial charge in [-0.1, -0.05) is 0 Å². The Kier molecular flexibility index (Phi) is 2.13. The van der Waals surface area contributed by atoms with Crippen LogP contribution in [0, 0.1) is 0 Å². The summed E-state index contributed by atoms with van der Waals surface area (Å²) in [4.78, 5) is 13.4. The number of phenols is 1. The van der Waals surface area contributed by atoms with Crippen molar-refractivity contribution >= 4 is 5.91 Å². The van der Waals surface area contributed by atoms with E-state index in [1.807, 2.05) is 0 Å². The summed E-state index contributed by atoms with van der Waals surface area (Å²) >= 11 is 0. The van der Waals surface area contributed by atoms with Crippen LogP contribution in [-0.4, -0.2) is 29.0 Å². The lowest BCUT2D eigenvalue weighted by atomic mass is 10.1. The fourth-order valence-corrected chi connectivity index (χ4v) is 1.70. The highest BCUT2D eigenvalue weighted by Crippen LogP contribution is 2.25. The van der Waals surface area contributed by atoms with Crippen LogP contribution in [0.25, 0.3) is 0 Å². The molecule has 1 aromatic carbocycles. The fraction of sp³-hybridized carbons (Fsp3) is 0.300. The van der Waals surface area contributed by atoms with Crippen molar-refractivity contribution in [3.63, 3.8) is 0 Å². The van der Waals surface area contributed by atoms with Crippen molar-refractivity contribution in [3.05, 3.63) is 29.3 Å². The molecule has 4 heteroatoms. The van der Waals surface area contributed by atoms with Crippen molar-refractivity contribution in [1.82, 2.24) is 4.90 Å². The zero-order chi connectivity index (χ0) is 10.1. The average molecular weight is 192 g/mol. The lowest BCUT2D eigenvalue weighted by molar-refractivity contribution is 0.0783. The molecule has 14 heavy (non-hydrogen) atoms. The fourth-order valence-electron chi connectivity index (χ4n) is 1.70. The Hall–Kier alpha value is -1.55. The molecule has 0 aromatic heterocycles. The molecule has 1 aliphatic heterocycles. The number of hydrogen-bond acceptors (Lipinski definition) is 3. The molecule has 1 amide bonds. The lowest BCUT2D eigenvalue weighted by Crippen LogP contribution is -2.29. The van der Waals surface area contributed by atoms with E-state index >= 15 is 0 Å². The Labute approximate surface area is 81.9 Å². The summed E-state index contributed by atoms with van der Waals surface area (Å²) in [6, 6.07) is 4.82. The van der Waals surface area contributed by atoms with Gasteiger partial charge in [-0.2, -0.15) is 0 Å². The molecule has 4 nitrogen and oxygen atoms in total. The third-order valence-electron chi connectivity index (χ3n) is 2.37. The van der Waals surface area contributed by atoms with Crippen molar-refractivity contribution in [1.29, 1.82) is 0 Å². The van der Waals surface area contributed by atoms with Gasteiger partial charge in [0.1, 0.15) is 5.75 Å². The van der Waals surface area contributed by atoms with Gasteiger partial charge >= 0.3 is 0 Å². The number of phenolic OH excluding ortho intramolecular Hbond substituents is 1. The van der Waals surface area contributed by atoms with Crippen LogP contribution < -0.4 is 5.73 Å². The minimum atomic E-state index is 0.00505. The van der Waals surface area contributed by atoms with Crippen molar-refractivity contribution in [3.8, 4) is 5.75 Å². The maximum Gasteiger partial charge on any atom is 0.254 e. The largest absolute Gasteiger partial charge is 0.508 e. The first-order valence-corrected chi connectivity index (χ1v) is 4.53. The molecule has 1 aromatic rings. The number of aromatic hydroxyl groups is 1. The number of nitrogens with zero attached hydrogens (tertiary/aromatic N) is 1. The summed E-state index contributed by atoms with van der Waals surface area (Å²) in [5, 5.41) is 9.24. The van der Waals surface area contributed by atoms with Gasteiger partial charge in [-0.3, -0.25) is 4.79 Å². The number of hydrogen-bond donors (Lipinski definition) is 2. The molecular formula is C10H12N2O2. The van der Waals surface area contributed by atoms with Gasteiger partial charge in [-0.15, -0.1) is 0 Å². The van der Waals surface area contributed by atoms with Gasteiger partial charge in [0, 0.05) is 25.2 Å². The Balaban J connectivity index is 2.31. The van der Waals surface area contributed by atoms with E-state index in [4.69, 9.17) is 5.73 Å². The third kappa shape index (κ3) is 1.33. The van der Waals surface area contributed by atoms with E-state index in [9.17, 15) is 9.90 Å². The molecule has 2 rings (SSSR count). The normalized spacial score (nSPS) is 14.6. The first-order valence-electron chi connectivity index (χ1n) is 4.53. The highest BCUT2D eigenvalue weighted by Gasteiger charge is 2.26. The van der Waals surface area contributed by atoms with E-state index in [0.29, 0.717) is 25.2 Å². The van der Waals surface area contributed by atoms with Gasteiger partial charge in [0.2, 0.25) is 0 Å². The Morgan fingerprint density at radius 2 is 2.29 bits per heavy atom. The molecule has 1 heterocycles. The Bertz CT molecular complexity index is 376. The van der Waals surface area contributed by atoms with Crippen molar-refractivity contribution in [2.24, 2.45) is 5.73 Å². The van der Waals surface area contributed by atoms with E-state index in [1.54, 1.807) is 17.0 Å². The number of carbonyl (C=O) groups is 1. The highest BCUT2D eigenvalue weighted by molar-refractivity contribution is 5.98.